The normalized spacial score (nSPS) is 12.6. The number of hydrogen-bond acceptors (Lipinski definition) is 4. The van der Waals surface area contributed by atoms with Gasteiger partial charge in [0, 0.05) is 11.8 Å². The van der Waals surface area contributed by atoms with E-state index < -0.39 is 14.6 Å². The minimum absolute atomic E-state index is 0.495. The van der Waals surface area contributed by atoms with E-state index in [1.807, 2.05) is 24.3 Å². The Hall–Kier alpha value is -1.82. The highest BCUT2D eigenvalue weighted by atomic mass is 32.2. The minimum atomic E-state index is -3.17. The first kappa shape index (κ1) is 13.6. The molecule has 2 aromatic rings. The van der Waals surface area contributed by atoms with E-state index in [1.165, 1.54) is 6.26 Å². The Kier molecular flexibility index (Phi) is 3.14. The van der Waals surface area contributed by atoms with E-state index in [4.69, 9.17) is 5.73 Å². The molecule has 0 fully saturated rings. The molecule has 102 valence electrons. The SMILES string of the molecule is CC(C)(c1ccc(-c2cn[nH]c2N)cc1)S(C)(=O)=O. The molecule has 0 amide bonds. The summed E-state index contributed by atoms with van der Waals surface area (Å²) in [6.07, 6.45) is 2.89. The summed E-state index contributed by atoms with van der Waals surface area (Å²) in [4.78, 5) is 0. The van der Waals surface area contributed by atoms with E-state index >= 15 is 0 Å². The van der Waals surface area contributed by atoms with Crippen LogP contribution in [0.4, 0.5) is 5.82 Å². The molecule has 0 spiro atoms. The predicted molar refractivity (Wildman–Crippen MR) is 76.3 cm³/mol. The number of aromatic nitrogens is 2. The highest BCUT2D eigenvalue weighted by Crippen LogP contribution is 2.31. The van der Waals surface area contributed by atoms with Crippen molar-refractivity contribution in [1.29, 1.82) is 0 Å². The zero-order valence-corrected chi connectivity index (χ0v) is 12.0. The van der Waals surface area contributed by atoms with Crippen LogP contribution in [0.2, 0.25) is 0 Å². The average molecular weight is 279 g/mol. The number of nitrogens with zero attached hydrogens (tertiary/aromatic N) is 1. The van der Waals surface area contributed by atoms with Gasteiger partial charge in [-0.3, -0.25) is 5.10 Å². The Labute approximate surface area is 112 Å². The molecule has 0 aliphatic carbocycles. The van der Waals surface area contributed by atoms with Crippen LogP contribution in [-0.4, -0.2) is 24.9 Å². The topological polar surface area (TPSA) is 88.8 Å². The largest absolute Gasteiger partial charge is 0.384 e. The van der Waals surface area contributed by atoms with Gasteiger partial charge in [-0.15, -0.1) is 0 Å². The average Bonchev–Trinajstić information content (AvgIpc) is 2.74. The van der Waals surface area contributed by atoms with Gasteiger partial charge in [0.15, 0.2) is 9.84 Å². The number of sulfone groups is 1. The number of H-pyrrole nitrogens is 1. The Morgan fingerprint density at radius 2 is 1.79 bits per heavy atom. The van der Waals surface area contributed by atoms with Crippen LogP contribution in [0, 0.1) is 0 Å². The van der Waals surface area contributed by atoms with E-state index in [9.17, 15) is 8.42 Å². The fourth-order valence-electron chi connectivity index (χ4n) is 1.79. The summed E-state index contributed by atoms with van der Waals surface area (Å²) in [5.74, 6) is 0.495. The van der Waals surface area contributed by atoms with Crippen molar-refractivity contribution in [3.05, 3.63) is 36.0 Å². The lowest BCUT2D eigenvalue weighted by atomic mass is 9.99. The molecule has 0 aliphatic rings. The fourth-order valence-corrected chi connectivity index (χ4v) is 2.36. The number of anilines is 1. The van der Waals surface area contributed by atoms with Gasteiger partial charge in [0.2, 0.25) is 0 Å². The molecule has 1 heterocycles. The summed E-state index contributed by atoms with van der Waals surface area (Å²) >= 11 is 0. The Bertz CT molecular complexity index is 685. The Morgan fingerprint density at radius 1 is 1.21 bits per heavy atom. The van der Waals surface area contributed by atoms with Crippen LogP contribution in [0.3, 0.4) is 0 Å². The molecule has 0 saturated heterocycles. The number of rotatable bonds is 3. The molecule has 0 radical (unpaired) electrons. The molecular weight excluding hydrogens is 262 g/mol. The molecule has 0 bridgehead atoms. The van der Waals surface area contributed by atoms with Crippen LogP contribution < -0.4 is 5.73 Å². The Balaban J connectivity index is 2.43. The van der Waals surface area contributed by atoms with Crippen LogP contribution in [-0.2, 0) is 14.6 Å². The highest BCUT2D eigenvalue weighted by Gasteiger charge is 2.32. The molecule has 0 unspecified atom stereocenters. The maximum Gasteiger partial charge on any atom is 0.156 e. The van der Waals surface area contributed by atoms with Crippen molar-refractivity contribution in [3.8, 4) is 11.1 Å². The van der Waals surface area contributed by atoms with Crippen LogP contribution in [0.25, 0.3) is 11.1 Å². The maximum atomic E-state index is 11.8. The van der Waals surface area contributed by atoms with Crippen molar-refractivity contribution in [2.24, 2.45) is 0 Å². The third-order valence-electron chi connectivity index (χ3n) is 3.49. The lowest BCUT2D eigenvalue weighted by Gasteiger charge is -2.23. The van der Waals surface area contributed by atoms with Crippen molar-refractivity contribution in [2.45, 2.75) is 18.6 Å². The van der Waals surface area contributed by atoms with Crippen LogP contribution in [0.1, 0.15) is 19.4 Å². The molecule has 0 atom stereocenters. The second-order valence-corrected chi connectivity index (χ2v) is 7.62. The van der Waals surface area contributed by atoms with Gasteiger partial charge >= 0.3 is 0 Å². The van der Waals surface area contributed by atoms with Gasteiger partial charge in [0.25, 0.3) is 0 Å². The summed E-state index contributed by atoms with van der Waals surface area (Å²) in [6.45, 7) is 3.40. The van der Waals surface area contributed by atoms with Gasteiger partial charge in [-0.05, 0) is 25.0 Å². The maximum absolute atomic E-state index is 11.8. The van der Waals surface area contributed by atoms with Gasteiger partial charge in [-0.25, -0.2) is 8.42 Å². The van der Waals surface area contributed by atoms with Gasteiger partial charge in [0.05, 0.1) is 10.9 Å². The predicted octanol–water partition coefficient (Wildman–Crippen LogP) is 1.94. The van der Waals surface area contributed by atoms with Crippen molar-refractivity contribution < 1.29 is 8.42 Å². The van der Waals surface area contributed by atoms with E-state index in [1.54, 1.807) is 20.0 Å². The molecule has 2 rings (SSSR count). The van der Waals surface area contributed by atoms with Gasteiger partial charge in [-0.1, -0.05) is 24.3 Å². The second-order valence-electron chi connectivity index (χ2n) is 5.06. The van der Waals surface area contributed by atoms with Crippen LogP contribution in [0.15, 0.2) is 30.5 Å². The number of nitrogens with one attached hydrogen (secondary N) is 1. The van der Waals surface area contributed by atoms with E-state index in [2.05, 4.69) is 10.2 Å². The molecule has 19 heavy (non-hydrogen) atoms. The second kappa shape index (κ2) is 4.38. The summed E-state index contributed by atoms with van der Waals surface area (Å²) in [5.41, 5.74) is 8.21. The smallest absolute Gasteiger partial charge is 0.156 e. The van der Waals surface area contributed by atoms with Gasteiger partial charge in [-0.2, -0.15) is 5.10 Å². The molecule has 0 aliphatic heterocycles. The van der Waals surface area contributed by atoms with Crippen LogP contribution >= 0.6 is 0 Å². The molecule has 1 aromatic heterocycles. The number of nitrogen functional groups attached to an aromatic ring is 1. The monoisotopic (exact) mass is 279 g/mol. The van der Waals surface area contributed by atoms with Crippen molar-refractivity contribution >= 4 is 15.7 Å². The third-order valence-corrected chi connectivity index (χ3v) is 5.58. The number of benzene rings is 1. The van der Waals surface area contributed by atoms with Crippen molar-refractivity contribution in [1.82, 2.24) is 10.2 Å². The molecule has 6 heteroatoms. The molecule has 1 aromatic carbocycles. The summed E-state index contributed by atoms with van der Waals surface area (Å²) in [6, 6.07) is 7.32. The molecular formula is C13H17N3O2S. The zero-order valence-electron chi connectivity index (χ0n) is 11.1. The van der Waals surface area contributed by atoms with Crippen LogP contribution in [0.5, 0.6) is 0 Å². The standard InChI is InChI=1S/C13H17N3O2S/c1-13(2,19(3,17)18)10-6-4-9(5-7-10)11-8-15-16-12(11)14/h4-8H,1-3H3,(H3,14,15,16). The third kappa shape index (κ3) is 2.35. The summed E-state index contributed by atoms with van der Waals surface area (Å²) in [5, 5.41) is 6.53. The van der Waals surface area contributed by atoms with Gasteiger partial charge < -0.3 is 5.73 Å². The van der Waals surface area contributed by atoms with Crippen molar-refractivity contribution in [2.75, 3.05) is 12.0 Å². The number of aromatic amines is 1. The number of nitrogens with two attached hydrogens (primary N) is 1. The highest BCUT2D eigenvalue weighted by molar-refractivity contribution is 7.91. The quantitative estimate of drug-likeness (QED) is 0.898. The fraction of sp³-hybridized carbons (Fsp3) is 0.308. The first-order chi connectivity index (χ1) is 8.73. The van der Waals surface area contributed by atoms with Gasteiger partial charge in [0.1, 0.15) is 5.82 Å². The van der Waals surface area contributed by atoms with E-state index in [0.29, 0.717) is 5.82 Å². The number of hydrogen-bond donors (Lipinski definition) is 2. The lowest BCUT2D eigenvalue weighted by molar-refractivity contribution is 0.561. The summed E-state index contributed by atoms with van der Waals surface area (Å²) < 4.78 is 22.7. The lowest BCUT2D eigenvalue weighted by Crippen LogP contribution is -2.27. The molecule has 3 N–H and O–H groups in total. The van der Waals surface area contributed by atoms with E-state index in [0.717, 1.165) is 16.7 Å². The molecule has 5 nitrogen and oxygen atoms in total. The first-order valence-electron chi connectivity index (χ1n) is 5.83. The Morgan fingerprint density at radius 3 is 2.21 bits per heavy atom. The first-order valence-corrected chi connectivity index (χ1v) is 7.72. The minimum Gasteiger partial charge on any atom is -0.384 e. The van der Waals surface area contributed by atoms with Crippen molar-refractivity contribution in [3.63, 3.8) is 0 Å². The van der Waals surface area contributed by atoms with E-state index in [-0.39, 0.29) is 0 Å². The zero-order chi connectivity index (χ0) is 14.3. The summed E-state index contributed by atoms with van der Waals surface area (Å²) in [7, 11) is -3.17. The molecule has 0 saturated carbocycles.